The molecule has 3 rings (SSSR count). The van der Waals surface area contributed by atoms with Crippen molar-refractivity contribution in [3.8, 4) is 34.8 Å². The van der Waals surface area contributed by atoms with Gasteiger partial charge >= 0.3 is 0 Å². The van der Waals surface area contributed by atoms with E-state index in [1.165, 1.54) is 0 Å². The first kappa shape index (κ1) is 23.3. The maximum atomic E-state index is 11.0. The number of hydrogen-bond donors (Lipinski definition) is 1. The minimum atomic E-state index is -0.717. The predicted molar refractivity (Wildman–Crippen MR) is 127 cm³/mol. The molecule has 0 spiro atoms. The largest absolute Gasteiger partial charge is 0.496 e. The third-order valence-corrected chi connectivity index (χ3v) is 5.32. The first-order chi connectivity index (χ1) is 15.6. The van der Waals surface area contributed by atoms with E-state index in [0.29, 0.717) is 52.5 Å². The van der Waals surface area contributed by atoms with Crippen molar-refractivity contribution >= 4 is 10.8 Å². The topological polar surface area (TPSA) is 57.2 Å². The van der Waals surface area contributed by atoms with Crippen LogP contribution in [0.5, 0.6) is 23.0 Å². The van der Waals surface area contributed by atoms with Crippen LogP contribution in [0.25, 0.3) is 10.8 Å². The summed E-state index contributed by atoms with van der Waals surface area (Å²) in [6, 6.07) is 13.6. The van der Waals surface area contributed by atoms with Crippen LogP contribution < -0.4 is 18.9 Å². The monoisotopic (exact) mass is 434 g/mol. The van der Waals surface area contributed by atoms with E-state index in [1.807, 2.05) is 43.3 Å². The van der Waals surface area contributed by atoms with Crippen LogP contribution in [0.15, 0.2) is 42.5 Å². The fourth-order valence-electron chi connectivity index (χ4n) is 3.90. The molecule has 0 aliphatic carbocycles. The normalized spacial score (nSPS) is 11.4. The standard InChI is InChI=1S/C27H30O5/c1-6-11-19-15-20-25(27(31-5)24(19)21(28)12-7-2)22(16-23(29-3)26(20)30-4)32-17-18-13-9-8-10-14-18/h8-10,13-16,21,28H,7,12,17H2,1-5H3. The van der Waals surface area contributed by atoms with Gasteiger partial charge in [0.2, 0.25) is 0 Å². The smallest absolute Gasteiger partial charge is 0.168 e. The molecule has 0 bridgehead atoms. The highest BCUT2D eigenvalue weighted by atomic mass is 16.5. The molecule has 32 heavy (non-hydrogen) atoms. The van der Waals surface area contributed by atoms with E-state index in [-0.39, 0.29) is 0 Å². The van der Waals surface area contributed by atoms with Gasteiger partial charge in [0, 0.05) is 22.6 Å². The Labute approximate surface area is 189 Å². The molecule has 0 aliphatic rings. The number of aliphatic hydroxyl groups excluding tert-OH is 1. The summed E-state index contributed by atoms with van der Waals surface area (Å²) in [5.74, 6) is 8.28. The van der Waals surface area contributed by atoms with Gasteiger partial charge in [0.1, 0.15) is 18.1 Å². The van der Waals surface area contributed by atoms with E-state index in [1.54, 1.807) is 34.3 Å². The molecule has 0 saturated carbocycles. The highest BCUT2D eigenvalue weighted by Gasteiger charge is 2.26. The van der Waals surface area contributed by atoms with Crippen LogP contribution in [-0.2, 0) is 6.61 Å². The van der Waals surface area contributed by atoms with Gasteiger partial charge < -0.3 is 24.1 Å². The summed E-state index contributed by atoms with van der Waals surface area (Å²) in [6.07, 6.45) is 0.698. The van der Waals surface area contributed by atoms with Gasteiger partial charge in [-0.3, -0.25) is 0 Å². The Balaban J connectivity index is 2.33. The second kappa shape index (κ2) is 10.8. The molecule has 1 atom stereocenters. The maximum Gasteiger partial charge on any atom is 0.168 e. The van der Waals surface area contributed by atoms with Crippen LogP contribution in [0, 0.1) is 11.8 Å². The first-order valence-electron chi connectivity index (χ1n) is 10.7. The lowest BCUT2D eigenvalue weighted by atomic mass is 9.92. The number of aliphatic hydroxyl groups is 1. The molecule has 3 aromatic carbocycles. The summed E-state index contributed by atoms with van der Waals surface area (Å²) >= 11 is 0. The summed E-state index contributed by atoms with van der Waals surface area (Å²) in [7, 11) is 4.78. The minimum absolute atomic E-state index is 0.373. The van der Waals surface area contributed by atoms with Crippen molar-refractivity contribution < 1.29 is 24.1 Å². The molecular formula is C27H30O5. The quantitative estimate of drug-likeness (QED) is 0.441. The van der Waals surface area contributed by atoms with Gasteiger partial charge in [-0.15, -0.1) is 5.92 Å². The van der Waals surface area contributed by atoms with E-state index in [0.717, 1.165) is 17.4 Å². The predicted octanol–water partition coefficient (Wildman–Crippen LogP) is 5.65. The average Bonchev–Trinajstić information content (AvgIpc) is 2.82. The molecule has 168 valence electrons. The zero-order valence-corrected chi connectivity index (χ0v) is 19.3. The summed E-state index contributed by atoms with van der Waals surface area (Å²) < 4.78 is 23.4. The molecule has 5 nitrogen and oxygen atoms in total. The SMILES string of the molecule is CC#Cc1cc2c(OC)c(OC)cc(OCc3ccccc3)c2c(OC)c1C(O)CCC. The molecule has 0 aliphatic heterocycles. The number of hydrogen-bond acceptors (Lipinski definition) is 5. The van der Waals surface area contributed by atoms with Crippen LogP contribution in [0.1, 0.15) is 49.5 Å². The van der Waals surface area contributed by atoms with Gasteiger partial charge in [-0.2, -0.15) is 0 Å². The lowest BCUT2D eigenvalue weighted by Gasteiger charge is -2.22. The number of benzene rings is 3. The van der Waals surface area contributed by atoms with Gasteiger partial charge in [-0.1, -0.05) is 49.6 Å². The van der Waals surface area contributed by atoms with Crippen molar-refractivity contribution in [1.29, 1.82) is 0 Å². The van der Waals surface area contributed by atoms with Gasteiger partial charge in [0.25, 0.3) is 0 Å². The molecule has 0 aromatic heterocycles. The molecule has 0 saturated heterocycles. The van der Waals surface area contributed by atoms with Crippen molar-refractivity contribution in [2.75, 3.05) is 21.3 Å². The fourth-order valence-corrected chi connectivity index (χ4v) is 3.90. The van der Waals surface area contributed by atoms with Crippen LogP contribution in [0.2, 0.25) is 0 Å². The summed E-state index contributed by atoms with van der Waals surface area (Å²) in [4.78, 5) is 0. The van der Waals surface area contributed by atoms with Crippen molar-refractivity contribution in [3.63, 3.8) is 0 Å². The molecule has 3 aromatic rings. The van der Waals surface area contributed by atoms with E-state index >= 15 is 0 Å². The summed E-state index contributed by atoms with van der Waals surface area (Å²) in [5, 5.41) is 12.4. The summed E-state index contributed by atoms with van der Waals surface area (Å²) in [5.41, 5.74) is 2.39. The second-order valence-electron chi connectivity index (χ2n) is 7.36. The van der Waals surface area contributed by atoms with Crippen molar-refractivity contribution in [1.82, 2.24) is 0 Å². The van der Waals surface area contributed by atoms with E-state index < -0.39 is 6.10 Å². The average molecular weight is 435 g/mol. The van der Waals surface area contributed by atoms with Crippen molar-refractivity contribution in [2.24, 2.45) is 0 Å². The number of fused-ring (bicyclic) bond motifs is 1. The van der Waals surface area contributed by atoms with Crippen LogP contribution in [0.3, 0.4) is 0 Å². The molecular weight excluding hydrogens is 404 g/mol. The first-order valence-corrected chi connectivity index (χ1v) is 10.7. The molecule has 0 fully saturated rings. The lowest BCUT2D eigenvalue weighted by molar-refractivity contribution is 0.162. The van der Waals surface area contributed by atoms with Gasteiger partial charge in [0.05, 0.1) is 32.8 Å². The third kappa shape index (κ3) is 4.61. The zero-order valence-electron chi connectivity index (χ0n) is 19.3. The Morgan fingerprint density at radius 2 is 1.66 bits per heavy atom. The van der Waals surface area contributed by atoms with E-state index in [2.05, 4.69) is 11.8 Å². The molecule has 0 radical (unpaired) electrons. The second-order valence-corrected chi connectivity index (χ2v) is 7.36. The molecule has 1 unspecified atom stereocenters. The van der Waals surface area contributed by atoms with Crippen LogP contribution >= 0.6 is 0 Å². The number of ether oxygens (including phenoxy) is 4. The molecule has 0 amide bonds. The summed E-state index contributed by atoms with van der Waals surface area (Å²) in [6.45, 7) is 4.17. The maximum absolute atomic E-state index is 11.0. The lowest BCUT2D eigenvalue weighted by Crippen LogP contribution is -2.06. The van der Waals surface area contributed by atoms with Gasteiger partial charge in [-0.25, -0.2) is 0 Å². The van der Waals surface area contributed by atoms with Crippen LogP contribution in [0.4, 0.5) is 0 Å². The Bertz CT molecular complexity index is 1130. The van der Waals surface area contributed by atoms with Crippen LogP contribution in [-0.4, -0.2) is 26.4 Å². The molecule has 5 heteroatoms. The Kier molecular flexibility index (Phi) is 7.86. The Hall–Kier alpha value is -3.36. The van der Waals surface area contributed by atoms with Gasteiger partial charge in [-0.05, 0) is 25.0 Å². The van der Waals surface area contributed by atoms with Crippen molar-refractivity contribution in [2.45, 2.75) is 39.4 Å². The van der Waals surface area contributed by atoms with E-state index in [4.69, 9.17) is 18.9 Å². The molecule has 1 N–H and O–H groups in total. The fraction of sp³-hybridized carbons (Fsp3) is 0.333. The molecule has 0 heterocycles. The van der Waals surface area contributed by atoms with Crippen molar-refractivity contribution in [3.05, 3.63) is 59.2 Å². The minimum Gasteiger partial charge on any atom is -0.496 e. The highest BCUT2D eigenvalue weighted by Crippen LogP contribution is 2.49. The number of rotatable bonds is 9. The Morgan fingerprint density at radius 1 is 0.938 bits per heavy atom. The van der Waals surface area contributed by atoms with Gasteiger partial charge in [0.15, 0.2) is 11.5 Å². The highest BCUT2D eigenvalue weighted by molar-refractivity contribution is 6.02. The third-order valence-electron chi connectivity index (χ3n) is 5.32. The Morgan fingerprint density at radius 3 is 2.25 bits per heavy atom. The van der Waals surface area contributed by atoms with E-state index in [9.17, 15) is 5.11 Å². The zero-order chi connectivity index (χ0) is 23.1. The number of methoxy groups -OCH3 is 3.